The van der Waals surface area contributed by atoms with Gasteiger partial charge in [0.1, 0.15) is 0 Å². The third-order valence-corrected chi connectivity index (χ3v) is 1.68. The normalized spacial score (nSPS) is 10.0. The van der Waals surface area contributed by atoms with E-state index in [0.717, 1.165) is 0 Å². The summed E-state index contributed by atoms with van der Waals surface area (Å²) >= 11 is 5.64. The number of aliphatic hydroxyl groups is 1. The Bertz CT molecular complexity index is 277. The van der Waals surface area contributed by atoms with Crippen molar-refractivity contribution in [2.24, 2.45) is 0 Å². The van der Waals surface area contributed by atoms with Gasteiger partial charge in [0, 0.05) is 5.02 Å². The smallest absolute Gasteiger partial charge is 0.423 e. The zero-order valence-electron chi connectivity index (χ0n) is 6.24. The van der Waals surface area contributed by atoms with E-state index < -0.39 is 7.12 Å². The number of benzene rings is 1. The van der Waals surface area contributed by atoms with Gasteiger partial charge in [0.25, 0.3) is 0 Å². The lowest BCUT2D eigenvalue weighted by molar-refractivity contribution is 0.282. The van der Waals surface area contributed by atoms with Crippen LogP contribution in [0.25, 0.3) is 0 Å². The maximum atomic E-state index is 8.78. The summed E-state index contributed by atoms with van der Waals surface area (Å²) in [4.78, 5) is 0. The minimum atomic E-state index is -1.55. The summed E-state index contributed by atoms with van der Waals surface area (Å²) in [5, 5.41) is 26.7. The SMILES string of the molecule is OCc1cc(Cl)cc(B(O)O)c1. The Morgan fingerprint density at radius 3 is 2.42 bits per heavy atom. The van der Waals surface area contributed by atoms with Crippen LogP contribution in [0.1, 0.15) is 5.56 Å². The second kappa shape index (κ2) is 3.91. The molecule has 3 N–H and O–H groups in total. The number of halogens is 1. The Labute approximate surface area is 75.4 Å². The second-order valence-corrected chi connectivity index (χ2v) is 2.86. The van der Waals surface area contributed by atoms with Gasteiger partial charge in [-0.15, -0.1) is 0 Å². The fourth-order valence-electron chi connectivity index (χ4n) is 0.916. The summed E-state index contributed by atoms with van der Waals surface area (Å²) in [6.45, 7) is -0.166. The van der Waals surface area contributed by atoms with E-state index >= 15 is 0 Å². The molecule has 0 aromatic heterocycles. The molecule has 0 atom stereocenters. The molecule has 0 bridgehead atoms. The highest BCUT2D eigenvalue weighted by Crippen LogP contribution is 2.09. The van der Waals surface area contributed by atoms with Crippen molar-refractivity contribution in [2.45, 2.75) is 6.61 Å². The Morgan fingerprint density at radius 2 is 1.92 bits per heavy atom. The van der Waals surface area contributed by atoms with Gasteiger partial charge in [0.2, 0.25) is 0 Å². The highest BCUT2D eigenvalue weighted by molar-refractivity contribution is 6.59. The van der Waals surface area contributed by atoms with Gasteiger partial charge >= 0.3 is 7.12 Å². The molecule has 64 valence electrons. The lowest BCUT2D eigenvalue weighted by atomic mass is 9.80. The molecule has 12 heavy (non-hydrogen) atoms. The standard InChI is InChI=1S/C7H8BClO3/c9-7-2-5(4-10)1-6(3-7)8(11)12/h1-3,10-12H,4H2. The van der Waals surface area contributed by atoms with Gasteiger partial charge in [-0.25, -0.2) is 0 Å². The summed E-state index contributed by atoms with van der Waals surface area (Å²) in [5.41, 5.74) is 0.845. The van der Waals surface area contributed by atoms with E-state index in [4.69, 9.17) is 26.8 Å². The van der Waals surface area contributed by atoms with Crippen molar-refractivity contribution in [1.29, 1.82) is 0 Å². The molecular formula is C7H8BClO3. The maximum Gasteiger partial charge on any atom is 0.488 e. The van der Waals surface area contributed by atoms with Crippen molar-refractivity contribution >= 4 is 24.2 Å². The number of hydrogen-bond acceptors (Lipinski definition) is 3. The molecule has 3 nitrogen and oxygen atoms in total. The first kappa shape index (κ1) is 9.54. The van der Waals surface area contributed by atoms with Gasteiger partial charge in [-0.3, -0.25) is 0 Å². The molecule has 0 saturated carbocycles. The van der Waals surface area contributed by atoms with Crippen LogP contribution < -0.4 is 5.46 Å². The van der Waals surface area contributed by atoms with Crippen molar-refractivity contribution < 1.29 is 15.2 Å². The van der Waals surface area contributed by atoms with E-state index in [0.29, 0.717) is 10.6 Å². The molecule has 0 fully saturated rings. The van der Waals surface area contributed by atoms with Crippen LogP contribution in [0.15, 0.2) is 18.2 Å². The van der Waals surface area contributed by atoms with E-state index in [1.54, 1.807) is 6.07 Å². The highest BCUT2D eigenvalue weighted by atomic mass is 35.5. The van der Waals surface area contributed by atoms with Crippen LogP contribution in [0.2, 0.25) is 5.02 Å². The molecule has 0 radical (unpaired) electrons. The van der Waals surface area contributed by atoms with E-state index in [-0.39, 0.29) is 12.1 Å². The van der Waals surface area contributed by atoms with Gasteiger partial charge in [0.05, 0.1) is 6.61 Å². The molecule has 0 amide bonds. The molecule has 0 aliphatic heterocycles. The van der Waals surface area contributed by atoms with Crippen molar-refractivity contribution in [1.82, 2.24) is 0 Å². The third-order valence-electron chi connectivity index (χ3n) is 1.46. The molecule has 1 aromatic carbocycles. The quantitative estimate of drug-likeness (QED) is 0.546. The Kier molecular flexibility index (Phi) is 3.11. The van der Waals surface area contributed by atoms with Crippen LogP contribution in [-0.4, -0.2) is 22.3 Å². The lowest BCUT2D eigenvalue weighted by Gasteiger charge is -2.02. The minimum Gasteiger partial charge on any atom is -0.423 e. The Morgan fingerprint density at radius 1 is 1.25 bits per heavy atom. The first-order valence-electron chi connectivity index (χ1n) is 3.40. The lowest BCUT2D eigenvalue weighted by Crippen LogP contribution is -2.30. The van der Waals surface area contributed by atoms with Gasteiger partial charge in [0.15, 0.2) is 0 Å². The minimum absolute atomic E-state index is 0.166. The molecule has 0 heterocycles. The van der Waals surface area contributed by atoms with Gasteiger partial charge in [-0.2, -0.15) is 0 Å². The fourth-order valence-corrected chi connectivity index (χ4v) is 1.18. The monoisotopic (exact) mass is 186 g/mol. The number of hydrogen-bond donors (Lipinski definition) is 3. The summed E-state index contributed by atoms with van der Waals surface area (Å²) < 4.78 is 0. The highest BCUT2D eigenvalue weighted by Gasteiger charge is 2.11. The molecule has 0 aliphatic carbocycles. The average Bonchev–Trinajstić information content (AvgIpc) is 2.03. The van der Waals surface area contributed by atoms with Crippen LogP contribution in [0.4, 0.5) is 0 Å². The predicted octanol–water partition coefficient (Wildman–Crippen LogP) is -0.488. The van der Waals surface area contributed by atoms with E-state index in [1.165, 1.54) is 12.1 Å². The Balaban J connectivity index is 3.06. The van der Waals surface area contributed by atoms with Crippen LogP contribution in [-0.2, 0) is 6.61 Å². The van der Waals surface area contributed by atoms with E-state index in [1.807, 2.05) is 0 Å². The summed E-state index contributed by atoms with van der Waals surface area (Å²) in [6, 6.07) is 4.48. The van der Waals surface area contributed by atoms with Crippen LogP contribution in [0.5, 0.6) is 0 Å². The summed E-state index contributed by atoms with van der Waals surface area (Å²) in [5.74, 6) is 0. The average molecular weight is 186 g/mol. The van der Waals surface area contributed by atoms with E-state index in [9.17, 15) is 0 Å². The van der Waals surface area contributed by atoms with Gasteiger partial charge in [-0.1, -0.05) is 17.7 Å². The first-order chi connectivity index (χ1) is 5.63. The zero-order valence-corrected chi connectivity index (χ0v) is 6.99. The third kappa shape index (κ3) is 2.22. The van der Waals surface area contributed by atoms with Crippen LogP contribution in [0, 0.1) is 0 Å². The van der Waals surface area contributed by atoms with Crippen LogP contribution >= 0.6 is 11.6 Å². The van der Waals surface area contributed by atoms with Crippen molar-refractivity contribution in [3.8, 4) is 0 Å². The van der Waals surface area contributed by atoms with E-state index in [2.05, 4.69) is 0 Å². The van der Waals surface area contributed by atoms with Crippen molar-refractivity contribution in [3.05, 3.63) is 28.8 Å². The topological polar surface area (TPSA) is 60.7 Å². The van der Waals surface area contributed by atoms with Crippen molar-refractivity contribution in [3.63, 3.8) is 0 Å². The molecular weight excluding hydrogens is 178 g/mol. The van der Waals surface area contributed by atoms with Gasteiger partial charge < -0.3 is 15.2 Å². The fraction of sp³-hybridized carbons (Fsp3) is 0.143. The largest absolute Gasteiger partial charge is 0.488 e. The second-order valence-electron chi connectivity index (χ2n) is 2.42. The molecule has 5 heteroatoms. The Hall–Kier alpha value is -0.545. The molecule has 1 aromatic rings. The maximum absolute atomic E-state index is 8.78. The first-order valence-corrected chi connectivity index (χ1v) is 3.77. The van der Waals surface area contributed by atoms with Crippen molar-refractivity contribution in [2.75, 3.05) is 0 Å². The molecule has 0 spiro atoms. The number of rotatable bonds is 2. The zero-order chi connectivity index (χ0) is 9.14. The van der Waals surface area contributed by atoms with Gasteiger partial charge in [-0.05, 0) is 23.2 Å². The predicted molar refractivity (Wildman–Crippen MR) is 47.2 cm³/mol. The summed E-state index contributed by atoms with van der Waals surface area (Å²) in [7, 11) is -1.55. The number of aliphatic hydroxyl groups excluding tert-OH is 1. The summed E-state index contributed by atoms with van der Waals surface area (Å²) in [6.07, 6.45) is 0. The molecule has 0 saturated heterocycles. The molecule has 0 aliphatic rings. The molecule has 1 rings (SSSR count). The van der Waals surface area contributed by atoms with Crippen LogP contribution in [0.3, 0.4) is 0 Å². The molecule has 0 unspecified atom stereocenters.